The van der Waals surface area contributed by atoms with Gasteiger partial charge < -0.3 is 5.32 Å². The zero-order valence-corrected chi connectivity index (χ0v) is 28.4. The third-order valence-corrected chi connectivity index (χ3v) is 11.4. The third-order valence-electron chi connectivity index (χ3n) is 11.4. The Morgan fingerprint density at radius 1 is 0.872 bits per heavy atom. The number of aliphatic imine (C=N–C) groups is 1. The largest absolute Gasteiger partial charge is 0.304 e. The summed E-state index contributed by atoms with van der Waals surface area (Å²) >= 11 is 0. The van der Waals surface area contributed by atoms with Crippen LogP contribution in [0, 0.1) is 5.92 Å². The highest BCUT2D eigenvalue weighted by Crippen LogP contribution is 2.36. The van der Waals surface area contributed by atoms with Crippen molar-refractivity contribution in [1.82, 2.24) is 5.32 Å². The standard InChI is InChI=1S/C45H48N2/c1-29-12-16-33(17-13-29)38-24-20-35-23-27-41-39(25-21-36-22-26-40(38)44(35)45(36)41)34-18-14-32(15-19-34)28-46-43-11-7-5-9-37(43)31(3)47-42-10-6-4-8-30(42)2/h5-6,9-10,12,14,16,18,20-21,23-28,30-31,36,42,47H,4,7-8,11,13,15,17,19,22H2,1-3H3/b46-28+. The lowest BCUT2D eigenvalue weighted by Crippen LogP contribution is -2.41. The second-order valence-electron chi connectivity index (χ2n) is 14.6. The van der Waals surface area contributed by atoms with E-state index >= 15 is 0 Å². The van der Waals surface area contributed by atoms with Gasteiger partial charge in [0.1, 0.15) is 0 Å². The number of benzene rings is 2. The van der Waals surface area contributed by atoms with E-state index in [0.29, 0.717) is 17.9 Å². The van der Waals surface area contributed by atoms with Crippen molar-refractivity contribution in [2.75, 3.05) is 0 Å². The third kappa shape index (κ3) is 5.87. The number of nitrogens with zero attached hydrogens (tertiary/aromatic N) is 1. The summed E-state index contributed by atoms with van der Waals surface area (Å²) in [5, 5.41) is 9.64. The average molecular weight is 617 g/mol. The van der Waals surface area contributed by atoms with Crippen LogP contribution in [-0.2, 0) is 0 Å². The van der Waals surface area contributed by atoms with Crippen molar-refractivity contribution in [3.05, 3.63) is 135 Å². The Bertz CT molecular complexity index is 2030. The minimum Gasteiger partial charge on any atom is -0.304 e. The summed E-state index contributed by atoms with van der Waals surface area (Å²) in [7, 11) is 0. The molecule has 0 aromatic heterocycles. The quantitative estimate of drug-likeness (QED) is 0.243. The molecule has 2 heteroatoms. The average Bonchev–Trinajstić information content (AvgIpc) is 3.11. The van der Waals surface area contributed by atoms with E-state index in [-0.39, 0.29) is 6.04 Å². The second-order valence-corrected chi connectivity index (χ2v) is 14.6. The molecule has 2 nitrogen and oxygen atoms in total. The number of rotatable bonds is 7. The van der Waals surface area contributed by atoms with Gasteiger partial charge >= 0.3 is 0 Å². The number of allylic oxidation sites excluding steroid dienone is 13. The highest BCUT2D eigenvalue weighted by Gasteiger charge is 2.25. The van der Waals surface area contributed by atoms with Crippen LogP contribution in [0.4, 0.5) is 0 Å². The predicted octanol–water partition coefficient (Wildman–Crippen LogP) is 9.61. The van der Waals surface area contributed by atoms with Gasteiger partial charge in [0.05, 0.1) is 0 Å². The van der Waals surface area contributed by atoms with Crippen LogP contribution in [0.25, 0.3) is 28.0 Å². The normalized spacial score (nSPS) is 25.9. The van der Waals surface area contributed by atoms with E-state index in [2.05, 4.69) is 123 Å². The molecule has 2 aromatic carbocycles. The summed E-state index contributed by atoms with van der Waals surface area (Å²) in [6.45, 7) is 6.92. The van der Waals surface area contributed by atoms with E-state index in [9.17, 15) is 0 Å². The molecule has 4 unspecified atom stereocenters. The van der Waals surface area contributed by atoms with E-state index in [1.54, 1.807) is 5.56 Å². The minimum absolute atomic E-state index is 0.289. The maximum absolute atomic E-state index is 5.12. The topological polar surface area (TPSA) is 24.4 Å². The van der Waals surface area contributed by atoms with Gasteiger partial charge in [0, 0.05) is 29.9 Å². The first-order chi connectivity index (χ1) is 23.0. The molecule has 47 heavy (non-hydrogen) atoms. The van der Waals surface area contributed by atoms with Crippen LogP contribution in [0.2, 0.25) is 0 Å². The van der Waals surface area contributed by atoms with Crippen LogP contribution in [0.5, 0.6) is 0 Å². The Balaban J connectivity index is 1.10. The van der Waals surface area contributed by atoms with Gasteiger partial charge in [-0.1, -0.05) is 104 Å². The molecule has 6 aliphatic rings. The molecule has 1 N–H and O–H groups in total. The Morgan fingerprint density at radius 3 is 2.57 bits per heavy atom. The molecule has 0 saturated carbocycles. The number of hydrogen-bond acceptors (Lipinski definition) is 2. The molecule has 0 radical (unpaired) electrons. The van der Waals surface area contributed by atoms with Crippen LogP contribution in [0.3, 0.4) is 0 Å². The predicted molar refractivity (Wildman–Crippen MR) is 202 cm³/mol. The van der Waals surface area contributed by atoms with Gasteiger partial charge in [-0.25, -0.2) is 0 Å². The number of nitrogens with one attached hydrogen (secondary N) is 1. The molecular weight excluding hydrogens is 569 g/mol. The molecule has 238 valence electrons. The van der Waals surface area contributed by atoms with Crippen LogP contribution in [-0.4, -0.2) is 18.3 Å². The smallest absolute Gasteiger partial charge is 0.0454 e. The van der Waals surface area contributed by atoms with Crippen molar-refractivity contribution in [3.63, 3.8) is 0 Å². The molecule has 2 aromatic rings. The van der Waals surface area contributed by atoms with Gasteiger partial charge in [0.15, 0.2) is 0 Å². The van der Waals surface area contributed by atoms with E-state index < -0.39 is 0 Å². The zero-order chi connectivity index (χ0) is 31.9. The van der Waals surface area contributed by atoms with Crippen molar-refractivity contribution >= 4 is 34.2 Å². The molecule has 0 fully saturated rings. The van der Waals surface area contributed by atoms with Crippen LogP contribution < -0.4 is 15.8 Å². The summed E-state index contributed by atoms with van der Waals surface area (Å²) in [4.78, 5) is 5.12. The SMILES string of the molecule is CC1=CC=C(c2ccc3ccc4c5c3c2=CCC5C=CC=4C2=CC=C(/C=N/C3=C(C(C)NC4C=CCCC4C)C=CCC3)CC2)CC1. The number of hydrogen-bond donors (Lipinski definition) is 1. The summed E-state index contributed by atoms with van der Waals surface area (Å²) in [5.41, 5.74) is 12.7. The highest BCUT2D eigenvalue weighted by atomic mass is 15.0. The van der Waals surface area contributed by atoms with Crippen LogP contribution >= 0.6 is 0 Å². The van der Waals surface area contributed by atoms with Crippen molar-refractivity contribution in [1.29, 1.82) is 0 Å². The molecule has 8 rings (SSSR count). The summed E-state index contributed by atoms with van der Waals surface area (Å²) in [6, 6.07) is 10.2. The van der Waals surface area contributed by atoms with E-state index in [4.69, 9.17) is 4.99 Å². The van der Waals surface area contributed by atoms with Gasteiger partial charge in [0.2, 0.25) is 0 Å². The molecule has 0 amide bonds. The van der Waals surface area contributed by atoms with Crippen molar-refractivity contribution in [2.45, 2.75) is 96.6 Å². The lowest BCUT2D eigenvalue weighted by Gasteiger charge is -2.30. The fourth-order valence-corrected chi connectivity index (χ4v) is 8.59. The molecule has 6 aliphatic carbocycles. The fraction of sp³-hybridized carbons (Fsp3) is 0.356. The van der Waals surface area contributed by atoms with Gasteiger partial charge in [0.25, 0.3) is 0 Å². The monoisotopic (exact) mass is 616 g/mol. The maximum Gasteiger partial charge on any atom is 0.0454 e. The van der Waals surface area contributed by atoms with Crippen molar-refractivity contribution < 1.29 is 0 Å². The lowest BCUT2D eigenvalue weighted by molar-refractivity contribution is 0.380. The maximum atomic E-state index is 5.12. The van der Waals surface area contributed by atoms with Crippen LogP contribution in [0.15, 0.2) is 118 Å². The Morgan fingerprint density at radius 2 is 1.74 bits per heavy atom. The Kier molecular flexibility index (Phi) is 8.32. The molecule has 0 aliphatic heterocycles. The zero-order valence-electron chi connectivity index (χ0n) is 28.4. The molecule has 0 bridgehead atoms. The first-order valence-electron chi connectivity index (χ1n) is 18.1. The second kappa shape index (κ2) is 12.9. The summed E-state index contributed by atoms with van der Waals surface area (Å²) in [6.07, 6.45) is 38.2. The molecule has 0 saturated heterocycles. The Labute approximate surface area is 280 Å². The Hall–Kier alpha value is -4.01. The summed E-state index contributed by atoms with van der Waals surface area (Å²) in [5.74, 6) is 1.14. The minimum atomic E-state index is 0.289. The van der Waals surface area contributed by atoms with Crippen molar-refractivity contribution in [2.24, 2.45) is 10.9 Å². The fourth-order valence-electron chi connectivity index (χ4n) is 8.59. The molecule has 0 heterocycles. The van der Waals surface area contributed by atoms with Crippen LogP contribution in [0.1, 0.15) is 95.6 Å². The van der Waals surface area contributed by atoms with Crippen molar-refractivity contribution in [3.8, 4) is 0 Å². The van der Waals surface area contributed by atoms with E-state index in [1.807, 2.05) is 0 Å². The molecular formula is C45H48N2. The first kappa shape index (κ1) is 30.3. The lowest BCUT2D eigenvalue weighted by atomic mass is 9.77. The molecule has 0 spiro atoms. The highest BCUT2D eigenvalue weighted by molar-refractivity contribution is 5.95. The van der Waals surface area contributed by atoms with Gasteiger partial charge in [-0.15, -0.1) is 0 Å². The van der Waals surface area contributed by atoms with Gasteiger partial charge in [-0.2, -0.15) is 0 Å². The summed E-state index contributed by atoms with van der Waals surface area (Å²) < 4.78 is 0. The van der Waals surface area contributed by atoms with Gasteiger partial charge in [-0.05, 0) is 138 Å². The molecule has 4 atom stereocenters. The van der Waals surface area contributed by atoms with Gasteiger partial charge in [-0.3, -0.25) is 4.99 Å². The first-order valence-corrected chi connectivity index (χ1v) is 18.1. The van der Waals surface area contributed by atoms with E-state index in [0.717, 1.165) is 44.9 Å². The van der Waals surface area contributed by atoms with E-state index in [1.165, 1.54) is 78.8 Å².